The number of methoxy groups -OCH3 is 2. The lowest BCUT2D eigenvalue weighted by atomic mass is 10.0. The maximum Gasteiger partial charge on any atom is 0.244 e. The van der Waals surface area contributed by atoms with Crippen molar-refractivity contribution in [3.8, 4) is 11.5 Å². The normalized spacial score (nSPS) is 12.4. The number of nitrogens with one attached hydrogen (secondary N) is 1. The summed E-state index contributed by atoms with van der Waals surface area (Å²) in [5.74, 6) is 1.15. The van der Waals surface area contributed by atoms with Crippen LogP contribution in [-0.2, 0) is 21.9 Å². The van der Waals surface area contributed by atoms with Crippen LogP contribution in [-0.4, -0.2) is 61.0 Å². The number of hydrogen-bond donors (Lipinski definition) is 1. The van der Waals surface area contributed by atoms with Gasteiger partial charge in [0.15, 0.2) is 0 Å². The van der Waals surface area contributed by atoms with Gasteiger partial charge in [0.25, 0.3) is 0 Å². The molecule has 0 aliphatic heterocycles. The summed E-state index contributed by atoms with van der Waals surface area (Å²) in [5, 5.41) is 2.88. The van der Waals surface area contributed by atoms with Crippen molar-refractivity contribution in [2.75, 3.05) is 27.8 Å². The second-order valence-electron chi connectivity index (χ2n) is 6.99. The van der Waals surface area contributed by atoms with Crippen molar-refractivity contribution in [1.82, 2.24) is 24.2 Å². The third-order valence-corrected chi connectivity index (χ3v) is 6.62. The molecule has 0 saturated heterocycles. The fourth-order valence-corrected chi connectivity index (χ4v) is 4.21. The molecular weight excluding hydrogens is 434 g/mol. The maximum absolute atomic E-state index is 12.9. The summed E-state index contributed by atoms with van der Waals surface area (Å²) in [7, 11) is 2.34. The summed E-state index contributed by atoms with van der Waals surface area (Å²) in [4.78, 5) is 21.1. The number of pyridine rings is 1. The molecule has 0 aliphatic carbocycles. The van der Waals surface area contributed by atoms with Crippen molar-refractivity contribution >= 4 is 15.9 Å². The molecule has 1 aromatic carbocycles. The Bertz CT molecular complexity index is 1160. The van der Waals surface area contributed by atoms with Crippen LogP contribution < -0.4 is 14.8 Å². The zero-order chi connectivity index (χ0) is 23.3. The van der Waals surface area contributed by atoms with Crippen LogP contribution in [0.5, 0.6) is 11.5 Å². The molecule has 32 heavy (non-hydrogen) atoms. The molecule has 3 aromatic rings. The highest BCUT2D eigenvalue weighted by Crippen LogP contribution is 2.29. The van der Waals surface area contributed by atoms with Crippen molar-refractivity contribution in [2.24, 2.45) is 7.05 Å². The minimum Gasteiger partial charge on any atom is -0.497 e. The zero-order valence-corrected chi connectivity index (χ0v) is 19.0. The lowest BCUT2D eigenvalue weighted by Gasteiger charge is -2.22. The first-order chi connectivity index (χ1) is 15.3. The van der Waals surface area contributed by atoms with Crippen molar-refractivity contribution < 1.29 is 22.7 Å². The highest BCUT2D eigenvalue weighted by Gasteiger charge is 2.27. The number of imidazole rings is 1. The number of carbonyl (C=O) groups is 1. The number of amides is 1. The molecule has 170 valence electrons. The number of ether oxygens (including phenoxy) is 2. The van der Waals surface area contributed by atoms with Gasteiger partial charge in [-0.15, -0.1) is 0 Å². The number of aryl methyl sites for hydroxylation is 1. The predicted octanol–water partition coefficient (Wildman–Crippen LogP) is 1.36. The first-order valence-electron chi connectivity index (χ1n) is 9.62. The van der Waals surface area contributed by atoms with Gasteiger partial charge in [0, 0.05) is 44.9 Å². The van der Waals surface area contributed by atoms with E-state index in [9.17, 15) is 13.2 Å². The van der Waals surface area contributed by atoms with Crippen molar-refractivity contribution in [2.45, 2.75) is 10.9 Å². The number of benzene rings is 1. The van der Waals surface area contributed by atoms with Gasteiger partial charge in [0.2, 0.25) is 15.9 Å². The minimum absolute atomic E-state index is 0.00785. The standard InChI is InChI=1S/C21H25N5O5S/c1-25-9-8-23-21(25)20(15-10-16(30-3)12-17(11-15)31-4)24-19(27)14-26(2)32(28,29)18-6-5-7-22-13-18/h5-13,20H,14H2,1-4H3,(H,24,27). The van der Waals surface area contributed by atoms with Gasteiger partial charge in [-0.05, 0) is 29.8 Å². The summed E-state index contributed by atoms with van der Waals surface area (Å²) in [6, 6.07) is 7.52. The molecule has 0 spiro atoms. The zero-order valence-electron chi connectivity index (χ0n) is 18.2. The average Bonchev–Trinajstić information content (AvgIpc) is 3.22. The number of aromatic nitrogens is 3. The van der Waals surface area contributed by atoms with E-state index in [4.69, 9.17) is 9.47 Å². The first-order valence-corrected chi connectivity index (χ1v) is 11.1. The Kier molecular flexibility index (Phi) is 7.11. The van der Waals surface area contributed by atoms with Gasteiger partial charge in [-0.2, -0.15) is 4.31 Å². The second kappa shape index (κ2) is 9.79. The molecular formula is C21H25N5O5S. The Morgan fingerprint density at radius 3 is 2.41 bits per heavy atom. The Labute approximate surface area is 186 Å². The van der Waals surface area contributed by atoms with Gasteiger partial charge >= 0.3 is 0 Å². The van der Waals surface area contributed by atoms with E-state index in [-0.39, 0.29) is 11.4 Å². The van der Waals surface area contributed by atoms with E-state index in [0.29, 0.717) is 22.9 Å². The average molecular weight is 460 g/mol. The largest absolute Gasteiger partial charge is 0.497 e. The molecule has 0 aliphatic rings. The smallest absolute Gasteiger partial charge is 0.244 e. The third kappa shape index (κ3) is 5.06. The fraction of sp³-hybridized carbons (Fsp3) is 0.286. The van der Waals surface area contributed by atoms with E-state index >= 15 is 0 Å². The summed E-state index contributed by atoms with van der Waals surface area (Å²) >= 11 is 0. The number of rotatable bonds is 9. The number of carbonyl (C=O) groups excluding carboxylic acids is 1. The Hall–Kier alpha value is -3.44. The van der Waals surface area contributed by atoms with E-state index in [1.807, 2.05) is 0 Å². The molecule has 11 heteroatoms. The lowest BCUT2D eigenvalue weighted by Crippen LogP contribution is -2.40. The van der Waals surface area contributed by atoms with Crippen LogP contribution in [0, 0.1) is 0 Å². The molecule has 0 bridgehead atoms. The molecule has 0 radical (unpaired) electrons. The molecule has 1 atom stereocenters. The SMILES string of the molecule is COc1cc(OC)cc(C(NC(=O)CN(C)S(=O)(=O)c2cccnc2)c2nccn2C)c1. The van der Waals surface area contributed by atoms with E-state index in [1.165, 1.54) is 45.8 Å². The van der Waals surface area contributed by atoms with Gasteiger partial charge in [-0.25, -0.2) is 13.4 Å². The summed E-state index contributed by atoms with van der Waals surface area (Å²) in [5.41, 5.74) is 0.668. The van der Waals surface area contributed by atoms with Gasteiger partial charge in [-0.1, -0.05) is 0 Å². The van der Waals surface area contributed by atoms with Crippen LogP contribution >= 0.6 is 0 Å². The van der Waals surface area contributed by atoms with Gasteiger partial charge in [0.05, 0.1) is 20.8 Å². The highest BCUT2D eigenvalue weighted by atomic mass is 32.2. The summed E-state index contributed by atoms with van der Waals surface area (Å²) in [6.07, 6.45) is 6.09. The molecule has 1 amide bonds. The number of hydrogen-bond acceptors (Lipinski definition) is 7. The van der Waals surface area contributed by atoms with Crippen LogP contribution in [0.15, 0.2) is 60.0 Å². The predicted molar refractivity (Wildman–Crippen MR) is 117 cm³/mol. The monoisotopic (exact) mass is 459 g/mol. The van der Waals surface area contributed by atoms with Gasteiger partial charge in [-0.3, -0.25) is 9.78 Å². The first kappa shape index (κ1) is 23.2. The molecule has 0 saturated carbocycles. The third-order valence-electron chi connectivity index (χ3n) is 4.84. The molecule has 3 rings (SSSR count). The van der Waals surface area contributed by atoms with E-state index in [0.717, 1.165) is 4.31 Å². The van der Waals surface area contributed by atoms with Crippen molar-refractivity contribution in [3.63, 3.8) is 0 Å². The highest BCUT2D eigenvalue weighted by molar-refractivity contribution is 7.89. The number of nitrogens with zero attached hydrogens (tertiary/aromatic N) is 4. The topological polar surface area (TPSA) is 116 Å². The van der Waals surface area contributed by atoms with E-state index in [1.54, 1.807) is 42.2 Å². The quantitative estimate of drug-likeness (QED) is 0.514. The minimum atomic E-state index is -3.87. The molecule has 2 heterocycles. The summed E-state index contributed by atoms with van der Waals surface area (Å²) < 4.78 is 38.9. The fourth-order valence-electron chi connectivity index (χ4n) is 3.12. The van der Waals surface area contributed by atoms with Crippen molar-refractivity contribution in [1.29, 1.82) is 0 Å². The lowest BCUT2D eigenvalue weighted by molar-refractivity contribution is -0.121. The number of likely N-dealkylation sites (N-methyl/N-ethyl adjacent to an activating group) is 1. The molecule has 1 N–H and O–H groups in total. The van der Waals surface area contributed by atoms with Gasteiger partial charge < -0.3 is 19.4 Å². The van der Waals surface area contributed by atoms with Gasteiger partial charge in [0.1, 0.15) is 28.3 Å². The second-order valence-corrected chi connectivity index (χ2v) is 9.04. The van der Waals surface area contributed by atoms with Crippen molar-refractivity contribution in [3.05, 3.63) is 66.5 Å². The molecule has 10 nitrogen and oxygen atoms in total. The molecule has 2 aromatic heterocycles. The maximum atomic E-state index is 12.9. The number of sulfonamides is 1. The van der Waals surface area contributed by atoms with Crippen LogP contribution in [0.2, 0.25) is 0 Å². The van der Waals surface area contributed by atoms with Crippen LogP contribution in [0.3, 0.4) is 0 Å². The summed E-state index contributed by atoms with van der Waals surface area (Å²) in [6.45, 7) is -0.390. The molecule has 1 unspecified atom stereocenters. The van der Waals surface area contributed by atoms with Crippen LogP contribution in [0.1, 0.15) is 17.4 Å². The van der Waals surface area contributed by atoms with E-state index in [2.05, 4.69) is 15.3 Å². The Morgan fingerprint density at radius 1 is 1.19 bits per heavy atom. The van der Waals surface area contributed by atoms with E-state index < -0.39 is 22.0 Å². The van der Waals surface area contributed by atoms with Crippen LogP contribution in [0.4, 0.5) is 0 Å². The molecule has 0 fully saturated rings. The Balaban J connectivity index is 1.88. The Morgan fingerprint density at radius 2 is 1.88 bits per heavy atom. The van der Waals surface area contributed by atoms with Crippen LogP contribution in [0.25, 0.3) is 0 Å².